The van der Waals surface area contributed by atoms with Crippen LogP contribution < -0.4 is 5.32 Å². The highest BCUT2D eigenvalue weighted by molar-refractivity contribution is 8.14. The van der Waals surface area contributed by atoms with Crippen LogP contribution in [0.2, 0.25) is 0 Å². The molecule has 0 aliphatic carbocycles. The van der Waals surface area contributed by atoms with Gasteiger partial charge in [0.05, 0.1) is 0 Å². The van der Waals surface area contributed by atoms with Crippen molar-refractivity contribution in [2.24, 2.45) is 4.99 Å². The lowest BCUT2D eigenvalue weighted by atomic mass is 10.1. The minimum atomic E-state index is 0.958. The molecule has 0 atom stereocenters. The van der Waals surface area contributed by atoms with E-state index < -0.39 is 0 Å². The van der Waals surface area contributed by atoms with Crippen molar-refractivity contribution in [3.8, 4) is 0 Å². The van der Waals surface area contributed by atoms with Gasteiger partial charge in [0.15, 0.2) is 5.17 Å². The second-order valence-corrected chi connectivity index (χ2v) is 5.35. The summed E-state index contributed by atoms with van der Waals surface area (Å²) in [5.74, 6) is 1.18. The molecule has 0 radical (unpaired) electrons. The fraction of sp³-hybridized carbons (Fsp3) is 0.462. The van der Waals surface area contributed by atoms with Gasteiger partial charge >= 0.3 is 0 Å². The van der Waals surface area contributed by atoms with Crippen LogP contribution in [0, 0.1) is 20.8 Å². The highest BCUT2D eigenvalue weighted by Crippen LogP contribution is 2.22. The molecule has 1 aromatic rings. The van der Waals surface area contributed by atoms with Crippen LogP contribution in [-0.4, -0.2) is 17.5 Å². The van der Waals surface area contributed by atoms with Crippen molar-refractivity contribution >= 4 is 22.6 Å². The second-order valence-electron chi connectivity index (χ2n) is 4.27. The average Bonchev–Trinajstić information content (AvgIpc) is 2.27. The zero-order chi connectivity index (χ0) is 11.5. The number of nitrogens with one attached hydrogen (secondary N) is 1. The van der Waals surface area contributed by atoms with Crippen LogP contribution >= 0.6 is 11.8 Å². The molecule has 0 fully saturated rings. The van der Waals surface area contributed by atoms with Crippen LogP contribution in [0.3, 0.4) is 0 Å². The van der Waals surface area contributed by atoms with Crippen molar-refractivity contribution in [2.75, 3.05) is 17.6 Å². The number of rotatable bonds is 1. The van der Waals surface area contributed by atoms with Crippen LogP contribution in [-0.2, 0) is 0 Å². The number of aryl methyl sites for hydroxylation is 3. The van der Waals surface area contributed by atoms with Gasteiger partial charge in [-0.2, -0.15) is 0 Å². The average molecular weight is 234 g/mol. The molecule has 0 spiro atoms. The number of amidine groups is 1. The summed E-state index contributed by atoms with van der Waals surface area (Å²) in [6, 6.07) is 4.44. The Morgan fingerprint density at radius 2 is 1.88 bits per heavy atom. The Morgan fingerprint density at radius 3 is 2.56 bits per heavy atom. The van der Waals surface area contributed by atoms with Crippen LogP contribution in [0.25, 0.3) is 0 Å². The van der Waals surface area contributed by atoms with E-state index in [2.05, 4.69) is 43.2 Å². The van der Waals surface area contributed by atoms with Crippen molar-refractivity contribution in [3.05, 3.63) is 28.8 Å². The third-order valence-electron chi connectivity index (χ3n) is 2.88. The Labute approximate surface area is 102 Å². The molecule has 16 heavy (non-hydrogen) atoms. The van der Waals surface area contributed by atoms with E-state index in [1.807, 2.05) is 11.8 Å². The number of nitrogens with zero attached hydrogens (tertiary/aromatic N) is 1. The summed E-state index contributed by atoms with van der Waals surface area (Å²) in [7, 11) is 0. The quantitative estimate of drug-likeness (QED) is 0.804. The molecule has 1 heterocycles. The largest absolute Gasteiger partial charge is 0.335 e. The number of hydrogen-bond acceptors (Lipinski definition) is 3. The van der Waals surface area contributed by atoms with Gasteiger partial charge in [-0.1, -0.05) is 17.8 Å². The van der Waals surface area contributed by atoms with Crippen molar-refractivity contribution in [2.45, 2.75) is 27.2 Å². The van der Waals surface area contributed by atoms with E-state index in [-0.39, 0.29) is 0 Å². The molecule has 0 bridgehead atoms. The normalized spacial score (nSPS) is 15.8. The van der Waals surface area contributed by atoms with E-state index in [0.717, 1.165) is 11.7 Å². The summed E-state index contributed by atoms with van der Waals surface area (Å²) in [5, 5.41) is 4.50. The maximum atomic E-state index is 4.49. The minimum Gasteiger partial charge on any atom is -0.335 e. The predicted molar refractivity (Wildman–Crippen MR) is 73.7 cm³/mol. The molecule has 0 saturated carbocycles. The molecule has 1 aliphatic heterocycles. The Balaban J connectivity index is 2.20. The van der Waals surface area contributed by atoms with E-state index >= 15 is 0 Å². The van der Waals surface area contributed by atoms with Crippen molar-refractivity contribution in [3.63, 3.8) is 0 Å². The highest BCUT2D eigenvalue weighted by atomic mass is 32.2. The fourth-order valence-electron chi connectivity index (χ4n) is 1.75. The maximum absolute atomic E-state index is 4.49. The third kappa shape index (κ3) is 2.59. The molecule has 0 aromatic heterocycles. The number of benzene rings is 1. The molecule has 1 aliphatic rings. The number of thioether (sulfide) groups is 1. The van der Waals surface area contributed by atoms with Crippen molar-refractivity contribution < 1.29 is 0 Å². The number of anilines is 1. The predicted octanol–water partition coefficient (Wildman–Crippen LogP) is 3.52. The molecule has 0 amide bonds. The first-order valence-electron chi connectivity index (χ1n) is 5.69. The summed E-state index contributed by atoms with van der Waals surface area (Å²) < 4.78 is 0. The molecule has 2 nitrogen and oxygen atoms in total. The molecular weight excluding hydrogens is 216 g/mol. The first-order chi connectivity index (χ1) is 7.66. The highest BCUT2D eigenvalue weighted by Gasteiger charge is 2.08. The van der Waals surface area contributed by atoms with Crippen LogP contribution in [0.15, 0.2) is 17.1 Å². The summed E-state index contributed by atoms with van der Waals surface area (Å²) in [6.07, 6.45) is 1.20. The van der Waals surface area contributed by atoms with Crippen molar-refractivity contribution in [1.82, 2.24) is 0 Å². The van der Waals surface area contributed by atoms with Gasteiger partial charge in [-0.25, -0.2) is 0 Å². The van der Waals surface area contributed by atoms with Crippen LogP contribution in [0.4, 0.5) is 5.69 Å². The van der Waals surface area contributed by atoms with Crippen LogP contribution in [0.1, 0.15) is 23.1 Å². The van der Waals surface area contributed by atoms with Gasteiger partial charge in [-0.15, -0.1) is 0 Å². The van der Waals surface area contributed by atoms with E-state index in [1.54, 1.807) is 0 Å². The molecule has 2 rings (SSSR count). The van der Waals surface area contributed by atoms with E-state index in [1.165, 1.54) is 34.6 Å². The minimum absolute atomic E-state index is 0.958. The molecular formula is C13H18N2S. The fourth-order valence-corrected chi connectivity index (χ4v) is 2.58. The second kappa shape index (κ2) is 4.91. The Bertz CT molecular complexity index is 424. The van der Waals surface area contributed by atoms with Gasteiger partial charge in [0, 0.05) is 18.0 Å². The lowest BCUT2D eigenvalue weighted by Gasteiger charge is -2.16. The number of hydrogen-bond donors (Lipinski definition) is 1. The smallest absolute Gasteiger partial charge is 0.161 e. The molecule has 1 aromatic carbocycles. The molecule has 3 heteroatoms. The van der Waals surface area contributed by atoms with Gasteiger partial charge < -0.3 is 5.32 Å². The van der Waals surface area contributed by atoms with Gasteiger partial charge in [0.2, 0.25) is 0 Å². The summed E-state index contributed by atoms with van der Waals surface area (Å²) >= 11 is 1.82. The monoisotopic (exact) mass is 234 g/mol. The molecule has 86 valence electrons. The maximum Gasteiger partial charge on any atom is 0.161 e. The molecule has 0 saturated heterocycles. The Morgan fingerprint density at radius 1 is 1.12 bits per heavy atom. The van der Waals surface area contributed by atoms with Gasteiger partial charge in [-0.3, -0.25) is 4.99 Å². The zero-order valence-corrected chi connectivity index (χ0v) is 10.9. The molecule has 0 unspecified atom stereocenters. The van der Waals surface area contributed by atoms with Crippen molar-refractivity contribution in [1.29, 1.82) is 0 Å². The first kappa shape index (κ1) is 11.5. The van der Waals surface area contributed by atoms with Gasteiger partial charge in [-0.05, 0) is 49.9 Å². The standard InChI is InChI=1S/C13H18N2S/c1-9-7-11(3)12(8-10(9)2)15-13-14-5-4-6-16-13/h7-8H,4-6H2,1-3H3,(H,14,15). The van der Waals surface area contributed by atoms with E-state index in [9.17, 15) is 0 Å². The summed E-state index contributed by atoms with van der Waals surface area (Å²) in [6.45, 7) is 7.40. The number of aliphatic imine (C=N–C) groups is 1. The third-order valence-corrected chi connectivity index (χ3v) is 3.88. The summed E-state index contributed by atoms with van der Waals surface area (Å²) in [4.78, 5) is 4.49. The Kier molecular flexibility index (Phi) is 3.54. The van der Waals surface area contributed by atoms with E-state index in [0.29, 0.717) is 0 Å². The topological polar surface area (TPSA) is 24.4 Å². The lowest BCUT2D eigenvalue weighted by molar-refractivity contribution is 0.938. The van der Waals surface area contributed by atoms with E-state index in [4.69, 9.17) is 0 Å². The van der Waals surface area contributed by atoms with Gasteiger partial charge in [0.1, 0.15) is 0 Å². The lowest BCUT2D eigenvalue weighted by Crippen LogP contribution is -2.14. The SMILES string of the molecule is Cc1cc(C)c(NC2=NCCCS2)cc1C. The zero-order valence-electron chi connectivity index (χ0n) is 10.1. The summed E-state index contributed by atoms with van der Waals surface area (Å²) in [5.41, 5.74) is 5.16. The molecule has 1 N–H and O–H groups in total. The Hall–Kier alpha value is -0.960. The van der Waals surface area contributed by atoms with Gasteiger partial charge in [0.25, 0.3) is 0 Å². The first-order valence-corrected chi connectivity index (χ1v) is 6.67. The van der Waals surface area contributed by atoms with Crippen LogP contribution in [0.5, 0.6) is 0 Å².